The molecule has 0 aliphatic carbocycles. The van der Waals surface area contributed by atoms with Gasteiger partial charge in [-0.2, -0.15) is 0 Å². The number of aromatic nitrogens is 1. The Kier molecular flexibility index (Phi) is 5.55. The number of nitrogens with zero attached hydrogens (tertiary/aromatic N) is 2. The van der Waals surface area contributed by atoms with E-state index in [1.165, 1.54) is 4.90 Å². The Morgan fingerprint density at radius 1 is 0.971 bits per heavy atom. The molecule has 6 heteroatoms. The third-order valence-corrected chi connectivity index (χ3v) is 6.12. The number of likely N-dealkylation sites (tertiary alicyclic amines) is 1. The highest BCUT2D eigenvalue weighted by Gasteiger charge is 2.46. The summed E-state index contributed by atoms with van der Waals surface area (Å²) < 4.78 is 5.45. The molecule has 1 aliphatic heterocycles. The Hall–Kier alpha value is -4.45. The first-order valence-electron chi connectivity index (χ1n) is 10.9. The highest BCUT2D eigenvalue weighted by Crippen LogP contribution is 2.41. The molecule has 1 N–H and O–H groups in total. The predicted molar refractivity (Wildman–Crippen MR) is 129 cm³/mol. The molecule has 1 unspecified atom stereocenters. The maximum absolute atomic E-state index is 13.3. The van der Waals surface area contributed by atoms with Crippen molar-refractivity contribution >= 4 is 28.2 Å². The molecular weight excluding hydrogens is 428 g/mol. The van der Waals surface area contributed by atoms with Gasteiger partial charge in [0, 0.05) is 23.5 Å². The average Bonchev–Trinajstić information content (AvgIpc) is 3.13. The summed E-state index contributed by atoms with van der Waals surface area (Å²) in [4.78, 5) is 32.3. The first-order chi connectivity index (χ1) is 16.6. The number of ketones is 1. The lowest BCUT2D eigenvalue weighted by Crippen LogP contribution is -2.29. The van der Waals surface area contributed by atoms with E-state index >= 15 is 0 Å². The third kappa shape index (κ3) is 3.59. The number of fused-ring (bicyclic) bond motifs is 1. The summed E-state index contributed by atoms with van der Waals surface area (Å²) in [6.45, 7) is 0.139. The molecule has 1 aliphatic rings. The fraction of sp³-hybridized carbons (Fsp3) is 0.107. The minimum Gasteiger partial charge on any atom is -0.507 e. The monoisotopic (exact) mass is 450 g/mol. The Balaban J connectivity index is 1.70. The number of rotatable bonds is 5. The maximum atomic E-state index is 13.3. The van der Waals surface area contributed by atoms with Crippen LogP contribution >= 0.6 is 0 Å². The zero-order valence-electron chi connectivity index (χ0n) is 18.5. The van der Waals surface area contributed by atoms with Gasteiger partial charge in [0.1, 0.15) is 11.5 Å². The fourth-order valence-electron chi connectivity index (χ4n) is 4.52. The minimum atomic E-state index is -0.794. The van der Waals surface area contributed by atoms with E-state index in [2.05, 4.69) is 4.98 Å². The van der Waals surface area contributed by atoms with E-state index in [1.54, 1.807) is 43.8 Å². The first-order valence-corrected chi connectivity index (χ1v) is 10.9. The van der Waals surface area contributed by atoms with Crippen molar-refractivity contribution in [1.29, 1.82) is 0 Å². The van der Waals surface area contributed by atoms with Crippen molar-refractivity contribution in [2.45, 2.75) is 12.6 Å². The van der Waals surface area contributed by atoms with Crippen molar-refractivity contribution in [2.24, 2.45) is 0 Å². The molecule has 34 heavy (non-hydrogen) atoms. The van der Waals surface area contributed by atoms with Crippen LogP contribution in [0.15, 0.2) is 96.8 Å². The van der Waals surface area contributed by atoms with Crippen LogP contribution in [0.1, 0.15) is 22.7 Å². The minimum absolute atomic E-state index is 0.0456. The van der Waals surface area contributed by atoms with Gasteiger partial charge < -0.3 is 14.7 Å². The molecular formula is C28H22N2O4. The Labute approximate surface area is 196 Å². The van der Waals surface area contributed by atoms with E-state index in [0.717, 1.165) is 16.3 Å². The summed E-state index contributed by atoms with van der Waals surface area (Å²) in [5.41, 5.74) is 1.94. The van der Waals surface area contributed by atoms with Crippen LogP contribution in [0.5, 0.6) is 5.75 Å². The molecule has 1 amide bonds. The van der Waals surface area contributed by atoms with Gasteiger partial charge >= 0.3 is 0 Å². The summed E-state index contributed by atoms with van der Waals surface area (Å²) in [5.74, 6) is -0.995. The van der Waals surface area contributed by atoms with Gasteiger partial charge in [0.15, 0.2) is 0 Å². The SMILES string of the molecule is COc1ccccc1CN1C(=O)C(=O)/C(=C(\O)c2cccc3ccccc23)C1c1cccnc1. The van der Waals surface area contributed by atoms with Crippen LogP contribution in [0, 0.1) is 0 Å². The largest absolute Gasteiger partial charge is 0.507 e. The van der Waals surface area contributed by atoms with Crippen LogP contribution in [0.4, 0.5) is 0 Å². The normalized spacial score (nSPS) is 17.3. The van der Waals surface area contributed by atoms with E-state index in [0.29, 0.717) is 16.9 Å². The van der Waals surface area contributed by atoms with Crippen molar-refractivity contribution < 1.29 is 19.4 Å². The van der Waals surface area contributed by atoms with E-state index in [-0.39, 0.29) is 17.9 Å². The summed E-state index contributed by atoms with van der Waals surface area (Å²) in [5, 5.41) is 13.2. The number of benzene rings is 3. The number of Topliss-reactive ketones (excluding diaryl/α,β-unsaturated/α-hetero) is 1. The van der Waals surface area contributed by atoms with Gasteiger partial charge in [-0.25, -0.2) is 0 Å². The summed E-state index contributed by atoms with van der Waals surface area (Å²) in [6.07, 6.45) is 3.24. The number of carbonyl (C=O) groups is 2. The molecule has 0 radical (unpaired) electrons. The molecule has 6 nitrogen and oxygen atoms in total. The molecule has 168 valence electrons. The molecule has 1 aromatic heterocycles. The van der Waals surface area contributed by atoms with Crippen LogP contribution in [0.25, 0.3) is 16.5 Å². The second-order valence-corrected chi connectivity index (χ2v) is 8.05. The fourth-order valence-corrected chi connectivity index (χ4v) is 4.52. The number of amides is 1. The number of aliphatic hydroxyl groups is 1. The molecule has 5 rings (SSSR count). The summed E-state index contributed by atoms with van der Waals surface area (Å²) in [7, 11) is 1.56. The number of carbonyl (C=O) groups excluding carboxylic acids is 2. The second kappa shape index (κ2) is 8.83. The number of para-hydroxylation sites is 1. The average molecular weight is 450 g/mol. The number of methoxy groups -OCH3 is 1. The first kappa shape index (κ1) is 21.4. The molecule has 3 aromatic carbocycles. The maximum Gasteiger partial charge on any atom is 0.295 e. The van der Waals surface area contributed by atoms with Crippen molar-refractivity contribution in [3.63, 3.8) is 0 Å². The number of pyridine rings is 1. The molecule has 1 atom stereocenters. The van der Waals surface area contributed by atoms with Crippen molar-refractivity contribution in [2.75, 3.05) is 7.11 Å². The molecule has 0 bridgehead atoms. The van der Waals surface area contributed by atoms with Crippen LogP contribution < -0.4 is 4.74 Å². The van der Waals surface area contributed by atoms with Crippen molar-refractivity contribution in [3.8, 4) is 5.75 Å². The second-order valence-electron chi connectivity index (χ2n) is 8.05. The highest BCUT2D eigenvalue weighted by molar-refractivity contribution is 6.46. The lowest BCUT2D eigenvalue weighted by atomic mass is 9.94. The van der Waals surface area contributed by atoms with Gasteiger partial charge in [-0.05, 0) is 28.5 Å². The number of aliphatic hydroxyl groups excluding tert-OH is 1. The van der Waals surface area contributed by atoms with Crippen molar-refractivity contribution in [3.05, 3.63) is 114 Å². The molecule has 0 spiro atoms. The number of hydrogen-bond donors (Lipinski definition) is 1. The summed E-state index contributed by atoms with van der Waals surface area (Å²) in [6, 6.07) is 23.2. The van der Waals surface area contributed by atoms with Crippen LogP contribution in [0.3, 0.4) is 0 Å². The Morgan fingerprint density at radius 2 is 1.74 bits per heavy atom. The van der Waals surface area contributed by atoms with E-state index in [9.17, 15) is 14.7 Å². The topological polar surface area (TPSA) is 79.7 Å². The molecule has 1 fully saturated rings. The standard InChI is InChI=1S/C28H22N2O4/c1-34-23-14-5-3-9-20(23)17-30-25(19-11-7-15-29-16-19)24(27(32)28(30)33)26(31)22-13-6-10-18-8-2-4-12-21(18)22/h2-16,25,31H,17H2,1H3/b26-24-. The summed E-state index contributed by atoms with van der Waals surface area (Å²) >= 11 is 0. The van der Waals surface area contributed by atoms with E-state index in [1.807, 2.05) is 54.6 Å². The zero-order valence-corrected chi connectivity index (χ0v) is 18.5. The Morgan fingerprint density at radius 3 is 2.53 bits per heavy atom. The van der Waals surface area contributed by atoms with Crippen LogP contribution in [0.2, 0.25) is 0 Å². The molecule has 2 heterocycles. The van der Waals surface area contributed by atoms with Gasteiger partial charge in [-0.15, -0.1) is 0 Å². The zero-order chi connectivity index (χ0) is 23.7. The van der Waals surface area contributed by atoms with Gasteiger partial charge in [-0.1, -0.05) is 66.7 Å². The van der Waals surface area contributed by atoms with E-state index in [4.69, 9.17) is 4.74 Å². The van der Waals surface area contributed by atoms with Crippen molar-refractivity contribution in [1.82, 2.24) is 9.88 Å². The van der Waals surface area contributed by atoms with Crippen LogP contribution in [-0.4, -0.2) is 33.8 Å². The number of ether oxygens (including phenoxy) is 1. The lowest BCUT2D eigenvalue weighted by molar-refractivity contribution is -0.140. The molecule has 1 saturated heterocycles. The highest BCUT2D eigenvalue weighted by atomic mass is 16.5. The van der Waals surface area contributed by atoms with E-state index < -0.39 is 17.7 Å². The van der Waals surface area contributed by atoms with Crippen LogP contribution in [-0.2, 0) is 16.1 Å². The Bertz CT molecular complexity index is 1420. The number of hydrogen-bond acceptors (Lipinski definition) is 5. The predicted octanol–water partition coefficient (Wildman–Crippen LogP) is 4.87. The quantitative estimate of drug-likeness (QED) is 0.267. The lowest BCUT2D eigenvalue weighted by Gasteiger charge is -2.26. The van der Waals surface area contributed by atoms with Gasteiger partial charge in [0.2, 0.25) is 0 Å². The van der Waals surface area contributed by atoms with Gasteiger partial charge in [-0.3, -0.25) is 14.6 Å². The smallest absolute Gasteiger partial charge is 0.295 e. The van der Waals surface area contributed by atoms with Gasteiger partial charge in [0.05, 0.1) is 25.3 Å². The third-order valence-electron chi connectivity index (χ3n) is 6.12. The molecule has 0 saturated carbocycles. The van der Waals surface area contributed by atoms with Gasteiger partial charge in [0.25, 0.3) is 11.7 Å². The molecule has 4 aromatic rings.